The van der Waals surface area contributed by atoms with Gasteiger partial charge in [0.05, 0.1) is 17.1 Å². The molecule has 0 heterocycles. The predicted octanol–water partition coefficient (Wildman–Crippen LogP) is 6.79. The first-order chi connectivity index (χ1) is 24.0. The summed E-state index contributed by atoms with van der Waals surface area (Å²) in [4.78, 5) is 32.5. The Balaban J connectivity index is 0.000000699. The van der Waals surface area contributed by atoms with Crippen molar-refractivity contribution in [1.82, 2.24) is 10.6 Å². The normalized spacial score (nSPS) is 14.9. The molecular weight excluding hydrogens is 653 g/mol. The standard InChI is InChI=1S/C16H20FN3.C11H14ClN.C9H11NO.C2H2O2.C2H6/c1-19-16(4-5-16)13-6-11(7-14(17)8-13)12(9-18)10-20-15-2-3-15;1-4-5-6-11(12)9(2)7-8-10(3)13;1-10-6-8-4-2-3-5-9(8)7-11;3-1-2-4;1-2/h6-10,15,19H,2-5,18H2,1H3;4-6,10H,1,13H2,2-3H3;2-5,7,10H,6H2,1H3;1-2H;1-2H3/b12-9+,20-10?;6-5-,11-9-;;;. The maximum Gasteiger partial charge on any atom is 0.182 e. The van der Waals surface area contributed by atoms with Gasteiger partial charge in [-0.15, -0.1) is 0 Å². The maximum absolute atomic E-state index is 13.9. The Hall–Kier alpha value is -4.46. The zero-order valence-corrected chi connectivity index (χ0v) is 30.9. The van der Waals surface area contributed by atoms with E-state index < -0.39 is 0 Å². The molecule has 0 aliphatic heterocycles. The molecule has 0 aromatic heterocycles. The van der Waals surface area contributed by atoms with Gasteiger partial charge in [0.2, 0.25) is 0 Å². The van der Waals surface area contributed by atoms with Gasteiger partial charge in [-0.05, 0) is 94.6 Å². The number of halogens is 2. The van der Waals surface area contributed by atoms with Crippen molar-refractivity contribution in [3.05, 3.63) is 112 Å². The molecule has 4 rings (SSSR count). The fourth-order valence-corrected chi connectivity index (χ4v) is 4.14. The second kappa shape index (κ2) is 26.4. The summed E-state index contributed by atoms with van der Waals surface area (Å²) in [5, 5.41) is 6.91. The van der Waals surface area contributed by atoms with Crippen molar-refractivity contribution in [3.8, 4) is 11.8 Å². The first-order valence-electron chi connectivity index (χ1n) is 16.5. The lowest BCUT2D eigenvalue weighted by atomic mass is 9.98. The van der Waals surface area contributed by atoms with Crippen LogP contribution in [0.25, 0.3) is 5.57 Å². The number of rotatable bonds is 11. The van der Waals surface area contributed by atoms with Gasteiger partial charge in [0.1, 0.15) is 12.1 Å². The molecular formula is C40H53ClFN5O3. The molecule has 2 aliphatic carbocycles. The van der Waals surface area contributed by atoms with E-state index in [0.29, 0.717) is 11.1 Å². The van der Waals surface area contributed by atoms with Crippen LogP contribution in [0.2, 0.25) is 0 Å². The summed E-state index contributed by atoms with van der Waals surface area (Å²) in [6.45, 7) is 12.0. The number of carbonyl (C=O) groups is 3. The zero-order valence-electron chi connectivity index (χ0n) is 30.1. The van der Waals surface area contributed by atoms with Crippen LogP contribution >= 0.6 is 11.6 Å². The van der Waals surface area contributed by atoms with E-state index in [4.69, 9.17) is 32.7 Å². The average molecular weight is 706 g/mol. The lowest BCUT2D eigenvalue weighted by Crippen LogP contribution is -2.24. The average Bonchev–Trinajstić information content (AvgIpc) is 4.08. The Bertz CT molecular complexity index is 1540. The van der Waals surface area contributed by atoms with E-state index in [-0.39, 0.29) is 30.0 Å². The van der Waals surface area contributed by atoms with E-state index in [2.05, 4.69) is 34.0 Å². The number of nitrogens with zero attached hydrogens (tertiary/aromatic N) is 1. The van der Waals surface area contributed by atoms with Crippen molar-refractivity contribution >= 4 is 42.2 Å². The Morgan fingerprint density at radius 2 is 1.78 bits per heavy atom. The third-order valence-electron chi connectivity index (χ3n) is 6.99. The summed E-state index contributed by atoms with van der Waals surface area (Å²) < 4.78 is 13.9. The number of hydrogen-bond acceptors (Lipinski definition) is 8. The molecule has 2 fully saturated rings. The molecule has 2 saturated carbocycles. The van der Waals surface area contributed by atoms with Gasteiger partial charge in [-0.3, -0.25) is 19.4 Å². The number of carbonyl (C=O) groups excluding carboxylic acids is 3. The van der Waals surface area contributed by atoms with Gasteiger partial charge < -0.3 is 22.1 Å². The van der Waals surface area contributed by atoms with Gasteiger partial charge in [-0.1, -0.05) is 80.3 Å². The monoisotopic (exact) mass is 705 g/mol. The minimum absolute atomic E-state index is 0.0514. The molecule has 6 N–H and O–H groups in total. The largest absolute Gasteiger partial charge is 0.404 e. The highest BCUT2D eigenvalue weighted by atomic mass is 35.5. The molecule has 2 aromatic carbocycles. The fourth-order valence-electron chi connectivity index (χ4n) is 4.02. The van der Waals surface area contributed by atoms with Gasteiger partial charge in [0.15, 0.2) is 12.6 Å². The minimum atomic E-state index is -0.224. The molecule has 0 saturated heterocycles. The van der Waals surface area contributed by atoms with Crippen LogP contribution in [-0.2, 0) is 21.7 Å². The Morgan fingerprint density at radius 1 is 1.14 bits per heavy atom. The van der Waals surface area contributed by atoms with Gasteiger partial charge in [-0.2, -0.15) is 0 Å². The molecule has 0 bridgehead atoms. The summed E-state index contributed by atoms with van der Waals surface area (Å²) in [6.07, 6.45) is 14.1. The van der Waals surface area contributed by atoms with Crippen molar-refractivity contribution in [2.45, 2.75) is 77.5 Å². The number of nitrogens with one attached hydrogen (secondary N) is 2. The van der Waals surface area contributed by atoms with Crippen LogP contribution in [0.4, 0.5) is 4.39 Å². The van der Waals surface area contributed by atoms with Crippen molar-refractivity contribution in [2.24, 2.45) is 16.5 Å². The van der Waals surface area contributed by atoms with Crippen molar-refractivity contribution in [3.63, 3.8) is 0 Å². The van der Waals surface area contributed by atoms with Crippen molar-refractivity contribution < 1.29 is 18.8 Å². The Labute approximate surface area is 303 Å². The first kappa shape index (κ1) is 45.5. The smallest absolute Gasteiger partial charge is 0.182 e. The van der Waals surface area contributed by atoms with Crippen molar-refractivity contribution in [2.75, 3.05) is 14.1 Å². The number of nitrogens with two attached hydrogens (primary N) is 2. The molecule has 0 amide bonds. The van der Waals surface area contributed by atoms with E-state index in [0.717, 1.165) is 71.9 Å². The molecule has 50 heavy (non-hydrogen) atoms. The Kier molecular flexibility index (Phi) is 24.1. The summed E-state index contributed by atoms with van der Waals surface area (Å²) in [5.41, 5.74) is 16.3. The van der Waals surface area contributed by atoms with E-state index in [9.17, 15) is 9.18 Å². The van der Waals surface area contributed by atoms with Crippen LogP contribution in [-0.4, -0.2) is 51.3 Å². The first-order valence-corrected chi connectivity index (χ1v) is 16.9. The van der Waals surface area contributed by atoms with Crippen LogP contribution < -0.4 is 22.1 Å². The quantitative estimate of drug-likeness (QED) is 0.0664. The van der Waals surface area contributed by atoms with Gasteiger partial charge in [0, 0.05) is 41.2 Å². The number of hydrogen-bond donors (Lipinski definition) is 4. The fraction of sp³-hybridized carbons (Fsp3) is 0.350. The van der Waals surface area contributed by atoms with Crippen molar-refractivity contribution in [1.29, 1.82) is 0 Å². The summed E-state index contributed by atoms with van der Waals surface area (Å²) in [5.74, 6) is 5.48. The summed E-state index contributed by atoms with van der Waals surface area (Å²) >= 11 is 5.90. The molecule has 8 nitrogen and oxygen atoms in total. The van der Waals surface area contributed by atoms with Crippen LogP contribution in [0.3, 0.4) is 0 Å². The molecule has 0 radical (unpaired) electrons. The molecule has 1 unspecified atom stereocenters. The highest BCUT2D eigenvalue weighted by Crippen LogP contribution is 2.45. The minimum Gasteiger partial charge on any atom is -0.404 e. The molecule has 2 aliphatic rings. The van der Waals surface area contributed by atoms with Crippen LogP contribution in [0, 0.1) is 17.7 Å². The molecule has 270 valence electrons. The van der Waals surface area contributed by atoms with Crippen LogP contribution in [0.15, 0.2) is 89.1 Å². The second-order valence-electron chi connectivity index (χ2n) is 10.9. The number of allylic oxidation sites excluding steroid dienone is 6. The van der Waals surface area contributed by atoms with E-state index >= 15 is 0 Å². The number of aliphatic imine (C=N–C) groups is 1. The number of benzene rings is 2. The molecule has 2 aromatic rings. The number of aldehydes is 3. The summed E-state index contributed by atoms with van der Waals surface area (Å²) in [7, 11) is 3.79. The third-order valence-corrected chi connectivity index (χ3v) is 7.40. The maximum atomic E-state index is 13.9. The third kappa shape index (κ3) is 18.3. The second-order valence-corrected chi connectivity index (χ2v) is 11.3. The highest BCUT2D eigenvalue weighted by molar-refractivity contribution is 6.31. The van der Waals surface area contributed by atoms with E-state index in [1.165, 1.54) is 12.3 Å². The molecule has 0 spiro atoms. The predicted molar refractivity (Wildman–Crippen MR) is 207 cm³/mol. The lowest BCUT2D eigenvalue weighted by molar-refractivity contribution is -0.122. The van der Waals surface area contributed by atoms with Gasteiger partial charge >= 0.3 is 0 Å². The topological polar surface area (TPSA) is 140 Å². The lowest BCUT2D eigenvalue weighted by Gasteiger charge is -2.16. The van der Waals surface area contributed by atoms with E-state index in [1.54, 1.807) is 30.5 Å². The van der Waals surface area contributed by atoms with Gasteiger partial charge in [0.25, 0.3) is 0 Å². The highest BCUT2D eigenvalue weighted by Gasteiger charge is 2.43. The Morgan fingerprint density at radius 3 is 2.26 bits per heavy atom. The van der Waals surface area contributed by atoms with E-state index in [1.807, 2.05) is 72.1 Å². The van der Waals surface area contributed by atoms with Gasteiger partial charge in [-0.25, -0.2) is 4.39 Å². The molecule has 1 atom stereocenters. The SMILES string of the molecule is C=C/C=C\C(Cl)=C(/C)C#CC(C)N.CC.CNC1(c2cc(F)cc(/C(C=NC3CC3)=C/N)c2)CC1.CNCc1ccccc1C=O.O=CC=O. The van der Waals surface area contributed by atoms with Crippen LogP contribution in [0.5, 0.6) is 0 Å². The zero-order chi connectivity index (χ0) is 38.0. The summed E-state index contributed by atoms with van der Waals surface area (Å²) in [6, 6.07) is 13.0. The molecule has 10 heteroatoms. The van der Waals surface area contributed by atoms with Crippen LogP contribution in [0.1, 0.15) is 80.4 Å².